The summed E-state index contributed by atoms with van der Waals surface area (Å²) < 4.78 is 48.1. The highest BCUT2D eigenvalue weighted by Gasteiger charge is 2.38. The number of aryl methyl sites for hydroxylation is 2. The van der Waals surface area contributed by atoms with Crippen molar-refractivity contribution in [2.75, 3.05) is 0 Å². The predicted octanol–water partition coefficient (Wildman–Crippen LogP) is 6.84. The van der Waals surface area contributed by atoms with Crippen LogP contribution in [0.5, 0.6) is 5.75 Å². The maximum Gasteiger partial charge on any atom is 0.462 e. The van der Waals surface area contributed by atoms with Crippen LogP contribution in [0.3, 0.4) is 0 Å². The van der Waals surface area contributed by atoms with Crippen LogP contribution < -0.4 is 4.74 Å². The molecule has 0 aliphatic rings. The Kier molecular flexibility index (Phi) is 7.08. The van der Waals surface area contributed by atoms with Gasteiger partial charge < -0.3 is 4.74 Å². The number of ether oxygens (including phenoxy) is 1. The fourth-order valence-electron chi connectivity index (χ4n) is 3.11. The minimum atomic E-state index is -3.77. The van der Waals surface area contributed by atoms with Crippen LogP contribution in [0.15, 0.2) is 54.9 Å². The maximum atomic E-state index is 14.5. The molecule has 0 amide bonds. The number of aromatic nitrogens is 2. The smallest absolute Gasteiger partial charge is 0.426 e. The minimum absolute atomic E-state index is 0.291. The molecule has 158 valence electrons. The number of nitrogens with zero attached hydrogens (tertiary/aromatic N) is 2. The summed E-state index contributed by atoms with van der Waals surface area (Å²) in [7, 11) is 0. The molecule has 0 saturated heterocycles. The molecule has 30 heavy (non-hydrogen) atoms. The van der Waals surface area contributed by atoms with E-state index in [2.05, 4.69) is 16.9 Å². The number of halogens is 3. The van der Waals surface area contributed by atoms with E-state index in [-0.39, 0.29) is 5.75 Å². The molecule has 0 fully saturated rings. The fourth-order valence-corrected chi connectivity index (χ4v) is 3.11. The second-order valence-corrected chi connectivity index (χ2v) is 7.35. The standard InChI is InChI=1S/C24H25F3N2O/c1-3-4-5-6-7-18-15-28-23(29-16-18)24(26,27)30-20-12-13-21(22(25)14-20)19-10-8-17(2)9-11-19/h8-16H,3-7H2,1-2H3. The Morgan fingerprint density at radius 2 is 1.63 bits per heavy atom. The zero-order valence-electron chi connectivity index (χ0n) is 17.2. The molecule has 1 aromatic heterocycles. The summed E-state index contributed by atoms with van der Waals surface area (Å²) in [5.74, 6) is -1.68. The van der Waals surface area contributed by atoms with Crippen molar-refractivity contribution < 1.29 is 17.9 Å². The highest BCUT2D eigenvalue weighted by Crippen LogP contribution is 2.32. The summed E-state index contributed by atoms with van der Waals surface area (Å²) in [5, 5.41) is 0. The van der Waals surface area contributed by atoms with Crippen molar-refractivity contribution in [2.45, 2.75) is 52.1 Å². The Hall–Kier alpha value is -2.89. The third-order valence-corrected chi connectivity index (χ3v) is 4.83. The molecule has 0 aliphatic heterocycles. The Balaban J connectivity index is 1.68. The van der Waals surface area contributed by atoms with Gasteiger partial charge in [-0.25, -0.2) is 14.4 Å². The molecule has 3 nitrogen and oxygen atoms in total. The van der Waals surface area contributed by atoms with Gasteiger partial charge in [0.15, 0.2) is 0 Å². The molecule has 1 heterocycles. The lowest BCUT2D eigenvalue weighted by atomic mass is 10.0. The number of rotatable bonds is 9. The van der Waals surface area contributed by atoms with Gasteiger partial charge in [-0.2, -0.15) is 8.78 Å². The summed E-state index contributed by atoms with van der Waals surface area (Å²) in [6, 6.07) is 11.0. The first-order valence-electron chi connectivity index (χ1n) is 10.1. The summed E-state index contributed by atoms with van der Waals surface area (Å²) in [4.78, 5) is 7.52. The first-order chi connectivity index (χ1) is 14.4. The molecule has 0 atom stereocenters. The lowest BCUT2D eigenvalue weighted by Crippen LogP contribution is -2.25. The highest BCUT2D eigenvalue weighted by atomic mass is 19.3. The quantitative estimate of drug-likeness (QED) is 0.360. The van der Waals surface area contributed by atoms with Gasteiger partial charge in [0, 0.05) is 24.0 Å². The average molecular weight is 414 g/mol. The molecule has 3 rings (SSSR count). The Labute approximate surface area is 175 Å². The van der Waals surface area contributed by atoms with Crippen LogP contribution in [0.4, 0.5) is 13.2 Å². The summed E-state index contributed by atoms with van der Waals surface area (Å²) in [6.07, 6.45) is 4.10. The average Bonchev–Trinajstić information content (AvgIpc) is 2.72. The van der Waals surface area contributed by atoms with E-state index in [4.69, 9.17) is 4.74 Å². The SMILES string of the molecule is CCCCCCc1cnc(C(F)(F)Oc2ccc(-c3ccc(C)cc3)c(F)c2)nc1. The van der Waals surface area contributed by atoms with Crippen LogP contribution in [0, 0.1) is 12.7 Å². The van der Waals surface area contributed by atoms with E-state index in [1.54, 1.807) is 12.1 Å². The van der Waals surface area contributed by atoms with Gasteiger partial charge in [-0.15, -0.1) is 0 Å². The van der Waals surface area contributed by atoms with E-state index in [0.717, 1.165) is 49.3 Å². The van der Waals surface area contributed by atoms with Crippen molar-refractivity contribution >= 4 is 0 Å². The zero-order chi connectivity index (χ0) is 21.6. The van der Waals surface area contributed by atoms with Crippen LogP contribution in [-0.4, -0.2) is 9.97 Å². The summed E-state index contributed by atoms with van der Waals surface area (Å²) >= 11 is 0. The molecule has 2 aromatic carbocycles. The Bertz CT molecular complexity index is 957. The first kappa shape index (κ1) is 21.8. The van der Waals surface area contributed by atoms with Gasteiger partial charge in [0.25, 0.3) is 0 Å². The monoisotopic (exact) mass is 414 g/mol. The summed E-state index contributed by atoms with van der Waals surface area (Å²) in [6.45, 7) is 4.06. The van der Waals surface area contributed by atoms with Gasteiger partial charge in [0.1, 0.15) is 11.6 Å². The molecule has 0 radical (unpaired) electrons. The Morgan fingerprint density at radius 1 is 0.933 bits per heavy atom. The fraction of sp³-hybridized carbons (Fsp3) is 0.333. The van der Waals surface area contributed by atoms with E-state index in [0.29, 0.717) is 11.1 Å². The number of alkyl halides is 2. The zero-order valence-corrected chi connectivity index (χ0v) is 17.2. The lowest BCUT2D eigenvalue weighted by molar-refractivity contribution is -0.192. The van der Waals surface area contributed by atoms with Crippen molar-refractivity contribution in [3.05, 3.63) is 77.6 Å². The number of unbranched alkanes of at least 4 members (excludes halogenated alkanes) is 3. The normalized spacial score (nSPS) is 11.5. The van der Waals surface area contributed by atoms with Crippen molar-refractivity contribution in [1.82, 2.24) is 9.97 Å². The molecule has 0 aliphatic carbocycles. The molecule has 3 aromatic rings. The van der Waals surface area contributed by atoms with Crippen molar-refractivity contribution in [2.24, 2.45) is 0 Å². The van der Waals surface area contributed by atoms with E-state index in [1.807, 2.05) is 19.1 Å². The number of benzene rings is 2. The second-order valence-electron chi connectivity index (χ2n) is 7.35. The van der Waals surface area contributed by atoms with Gasteiger partial charge >= 0.3 is 6.11 Å². The van der Waals surface area contributed by atoms with E-state index in [1.165, 1.54) is 24.5 Å². The van der Waals surface area contributed by atoms with Gasteiger partial charge in [-0.05, 0) is 43.0 Å². The minimum Gasteiger partial charge on any atom is -0.426 e. The van der Waals surface area contributed by atoms with Gasteiger partial charge in [-0.1, -0.05) is 56.0 Å². The molecular formula is C24H25F3N2O. The van der Waals surface area contributed by atoms with Crippen LogP contribution in [-0.2, 0) is 12.5 Å². The van der Waals surface area contributed by atoms with Crippen LogP contribution >= 0.6 is 0 Å². The van der Waals surface area contributed by atoms with Crippen molar-refractivity contribution in [3.63, 3.8) is 0 Å². The van der Waals surface area contributed by atoms with Gasteiger partial charge in [-0.3, -0.25) is 0 Å². The molecule has 0 saturated carbocycles. The van der Waals surface area contributed by atoms with E-state index >= 15 is 0 Å². The molecular weight excluding hydrogens is 389 g/mol. The third-order valence-electron chi connectivity index (χ3n) is 4.83. The van der Waals surface area contributed by atoms with Crippen LogP contribution in [0.1, 0.15) is 49.6 Å². The predicted molar refractivity (Wildman–Crippen MR) is 111 cm³/mol. The molecule has 0 N–H and O–H groups in total. The van der Waals surface area contributed by atoms with Crippen LogP contribution in [0.25, 0.3) is 11.1 Å². The molecule has 0 spiro atoms. The van der Waals surface area contributed by atoms with Gasteiger partial charge in [0.2, 0.25) is 5.82 Å². The first-order valence-corrected chi connectivity index (χ1v) is 10.1. The molecule has 6 heteroatoms. The lowest BCUT2D eigenvalue weighted by Gasteiger charge is -2.17. The Morgan fingerprint density at radius 3 is 2.27 bits per heavy atom. The highest BCUT2D eigenvalue weighted by molar-refractivity contribution is 5.65. The van der Waals surface area contributed by atoms with Crippen LogP contribution in [0.2, 0.25) is 0 Å². The topological polar surface area (TPSA) is 35.0 Å². The second kappa shape index (κ2) is 9.74. The summed E-state index contributed by atoms with van der Waals surface area (Å²) in [5.41, 5.74) is 2.83. The van der Waals surface area contributed by atoms with Gasteiger partial charge in [0.05, 0.1) is 0 Å². The van der Waals surface area contributed by atoms with Crippen molar-refractivity contribution in [3.8, 4) is 16.9 Å². The largest absolute Gasteiger partial charge is 0.462 e. The number of hydrogen-bond acceptors (Lipinski definition) is 3. The third kappa shape index (κ3) is 5.59. The van der Waals surface area contributed by atoms with E-state index in [9.17, 15) is 13.2 Å². The maximum absolute atomic E-state index is 14.5. The van der Waals surface area contributed by atoms with Crippen molar-refractivity contribution in [1.29, 1.82) is 0 Å². The molecule has 0 unspecified atom stereocenters. The molecule has 0 bridgehead atoms. The van der Waals surface area contributed by atoms with E-state index < -0.39 is 17.8 Å². The number of hydrogen-bond donors (Lipinski definition) is 0.